The monoisotopic (exact) mass is 410 g/mol. The lowest BCUT2D eigenvalue weighted by Crippen LogP contribution is -2.10. The molecule has 1 atom stereocenters. The van der Waals surface area contributed by atoms with Crippen molar-refractivity contribution < 1.29 is 9.90 Å². The molecule has 4 heteroatoms. The van der Waals surface area contributed by atoms with Gasteiger partial charge in [0.15, 0.2) is 5.65 Å². The number of aliphatic hydroxyl groups is 1. The van der Waals surface area contributed by atoms with Gasteiger partial charge in [0.2, 0.25) is 0 Å². The van der Waals surface area contributed by atoms with E-state index in [1.54, 1.807) is 6.20 Å². The van der Waals surface area contributed by atoms with E-state index in [-0.39, 0.29) is 5.78 Å². The van der Waals surface area contributed by atoms with E-state index in [1.165, 1.54) is 0 Å². The molecule has 31 heavy (non-hydrogen) atoms. The number of pyridine rings is 2. The molecular weight excluding hydrogens is 384 g/mol. The van der Waals surface area contributed by atoms with Gasteiger partial charge in [-0.1, -0.05) is 67.6 Å². The lowest BCUT2D eigenvalue weighted by molar-refractivity contribution is -0.119. The molecule has 0 amide bonds. The number of hydrogen-bond acceptors (Lipinski definition) is 4. The maximum absolute atomic E-state index is 12.3. The van der Waals surface area contributed by atoms with E-state index in [0.717, 1.165) is 33.3 Å². The second kappa shape index (κ2) is 9.63. The number of rotatable bonds is 8. The summed E-state index contributed by atoms with van der Waals surface area (Å²) in [5.74, 6) is 0.116. The van der Waals surface area contributed by atoms with E-state index in [2.05, 4.69) is 35.3 Å². The zero-order chi connectivity index (χ0) is 21.6. The molecule has 2 aromatic heterocycles. The van der Waals surface area contributed by atoms with E-state index < -0.39 is 6.10 Å². The van der Waals surface area contributed by atoms with Crippen molar-refractivity contribution in [1.29, 1.82) is 0 Å². The van der Waals surface area contributed by atoms with Gasteiger partial charge >= 0.3 is 0 Å². The summed E-state index contributed by atoms with van der Waals surface area (Å²) < 4.78 is 0. The van der Waals surface area contributed by atoms with Gasteiger partial charge in [0.1, 0.15) is 5.78 Å². The summed E-state index contributed by atoms with van der Waals surface area (Å²) in [6.07, 6.45) is 3.21. The Bertz CT molecular complexity index is 1170. The summed E-state index contributed by atoms with van der Waals surface area (Å²) >= 11 is 0. The van der Waals surface area contributed by atoms with Crippen molar-refractivity contribution >= 4 is 16.8 Å². The molecule has 0 saturated heterocycles. The van der Waals surface area contributed by atoms with Crippen LogP contribution in [0.4, 0.5) is 0 Å². The summed E-state index contributed by atoms with van der Waals surface area (Å²) in [5.41, 5.74) is 5.59. The molecular formula is C27H26N2O2. The number of carbonyl (C=O) groups is 1. The lowest BCUT2D eigenvalue weighted by atomic mass is 9.97. The number of benzene rings is 2. The van der Waals surface area contributed by atoms with Crippen LogP contribution in [-0.2, 0) is 11.2 Å². The van der Waals surface area contributed by atoms with Gasteiger partial charge in [0.25, 0.3) is 0 Å². The summed E-state index contributed by atoms with van der Waals surface area (Å²) in [7, 11) is 0. The van der Waals surface area contributed by atoms with Crippen LogP contribution in [0.15, 0.2) is 79.0 Å². The van der Waals surface area contributed by atoms with Gasteiger partial charge in [0, 0.05) is 35.6 Å². The van der Waals surface area contributed by atoms with Crippen LogP contribution in [0.3, 0.4) is 0 Å². The van der Waals surface area contributed by atoms with Crippen molar-refractivity contribution in [1.82, 2.24) is 9.97 Å². The minimum Gasteiger partial charge on any atom is -0.393 e. The SMILES string of the molecule is CCC(O)CCC(=O)Cc1cnc2nc(-c3ccccc3)c(-c3ccccc3)cc2c1. The topological polar surface area (TPSA) is 63.1 Å². The van der Waals surface area contributed by atoms with Gasteiger partial charge in [-0.05, 0) is 36.1 Å². The van der Waals surface area contributed by atoms with Gasteiger partial charge < -0.3 is 5.11 Å². The zero-order valence-corrected chi connectivity index (χ0v) is 17.7. The van der Waals surface area contributed by atoms with E-state index >= 15 is 0 Å². The molecule has 1 unspecified atom stereocenters. The van der Waals surface area contributed by atoms with Crippen molar-refractivity contribution in [2.45, 2.75) is 38.7 Å². The normalized spacial score (nSPS) is 12.1. The maximum atomic E-state index is 12.3. The highest BCUT2D eigenvalue weighted by atomic mass is 16.3. The van der Waals surface area contributed by atoms with Crippen LogP contribution < -0.4 is 0 Å². The Hall–Kier alpha value is -3.37. The number of Topliss-reactive ketones (excluding diaryl/α,β-unsaturated/α-hetero) is 1. The largest absolute Gasteiger partial charge is 0.393 e. The van der Waals surface area contributed by atoms with Crippen LogP contribution in [0, 0.1) is 0 Å². The molecule has 4 aromatic rings. The second-order valence-electron chi connectivity index (χ2n) is 7.82. The minimum atomic E-state index is -0.410. The third-order valence-corrected chi connectivity index (χ3v) is 5.49. The highest BCUT2D eigenvalue weighted by molar-refractivity contribution is 5.91. The number of carbonyl (C=O) groups excluding carboxylic acids is 1. The molecule has 4 rings (SSSR count). The number of aliphatic hydroxyl groups excluding tert-OH is 1. The predicted octanol–water partition coefficient (Wildman–Crippen LogP) is 5.63. The summed E-state index contributed by atoms with van der Waals surface area (Å²) in [6, 6.07) is 24.4. The quantitative estimate of drug-likeness (QED) is 0.409. The zero-order valence-electron chi connectivity index (χ0n) is 17.7. The fraction of sp³-hybridized carbons (Fsp3) is 0.222. The Kier molecular flexibility index (Phi) is 6.48. The fourth-order valence-electron chi connectivity index (χ4n) is 3.71. The van der Waals surface area contributed by atoms with Crippen molar-refractivity contribution in [3.05, 3.63) is 84.6 Å². The molecule has 2 heterocycles. The Balaban J connectivity index is 1.70. The molecule has 0 spiro atoms. The molecule has 156 valence electrons. The number of aromatic nitrogens is 2. The van der Waals surface area contributed by atoms with Gasteiger partial charge in [-0.25, -0.2) is 9.97 Å². The summed E-state index contributed by atoms with van der Waals surface area (Å²) in [4.78, 5) is 21.8. The Morgan fingerprint density at radius 2 is 1.65 bits per heavy atom. The first-order chi connectivity index (χ1) is 15.1. The first-order valence-electron chi connectivity index (χ1n) is 10.7. The van der Waals surface area contributed by atoms with Gasteiger partial charge in [-0.2, -0.15) is 0 Å². The highest BCUT2D eigenvalue weighted by Gasteiger charge is 2.13. The molecule has 0 aliphatic heterocycles. The highest BCUT2D eigenvalue weighted by Crippen LogP contribution is 2.33. The Morgan fingerprint density at radius 1 is 0.968 bits per heavy atom. The summed E-state index contributed by atoms with van der Waals surface area (Å²) in [6.45, 7) is 1.92. The van der Waals surface area contributed by atoms with Gasteiger partial charge in [-0.3, -0.25) is 4.79 Å². The van der Waals surface area contributed by atoms with Crippen molar-refractivity contribution in [3.8, 4) is 22.4 Å². The molecule has 2 aromatic carbocycles. The maximum Gasteiger partial charge on any atom is 0.159 e. The van der Waals surface area contributed by atoms with Crippen LogP contribution in [0.25, 0.3) is 33.4 Å². The molecule has 0 saturated carbocycles. The second-order valence-corrected chi connectivity index (χ2v) is 7.82. The standard InChI is InChI=1S/C27H26N2O2/c1-2-23(30)13-14-24(31)16-19-15-22-17-25(20-9-5-3-6-10-20)26(29-27(22)28-18-19)21-11-7-4-8-12-21/h3-12,15,17-18,23,30H,2,13-14,16H2,1H3. The molecule has 0 fully saturated rings. The third-order valence-electron chi connectivity index (χ3n) is 5.49. The Morgan fingerprint density at radius 3 is 2.32 bits per heavy atom. The number of fused-ring (bicyclic) bond motifs is 1. The molecule has 4 nitrogen and oxygen atoms in total. The van der Waals surface area contributed by atoms with Crippen molar-refractivity contribution in [2.24, 2.45) is 0 Å². The average molecular weight is 411 g/mol. The number of hydrogen-bond donors (Lipinski definition) is 1. The van der Waals surface area contributed by atoms with Gasteiger partial charge in [-0.15, -0.1) is 0 Å². The average Bonchev–Trinajstić information content (AvgIpc) is 2.82. The van der Waals surface area contributed by atoms with Gasteiger partial charge in [0.05, 0.1) is 11.8 Å². The minimum absolute atomic E-state index is 0.116. The molecule has 0 aliphatic rings. The van der Waals surface area contributed by atoms with Crippen LogP contribution in [0.5, 0.6) is 0 Å². The van der Waals surface area contributed by atoms with Crippen LogP contribution in [0.2, 0.25) is 0 Å². The number of ketones is 1. The van der Waals surface area contributed by atoms with E-state index in [9.17, 15) is 9.90 Å². The fourth-order valence-corrected chi connectivity index (χ4v) is 3.71. The number of nitrogens with zero attached hydrogens (tertiary/aromatic N) is 2. The third kappa shape index (κ3) is 5.04. The van der Waals surface area contributed by atoms with Crippen LogP contribution >= 0.6 is 0 Å². The van der Waals surface area contributed by atoms with E-state index in [4.69, 9.17) is 4.98 Å². The van der Waals surface area contributed by atoms with Crippen molar-refractivity contribution in [2.75, 3.05) is 0 Å². The van der Waals surface area contributed by atoms with E-state index in [0.29, 0.717) is 31.3 Å². The smallest absolute Gasteiger partial charge is 0.159 e. The van der Waals surface area contributed by atoms with E-state index in [1.807, 2.05) is 49.4 Å². The molecule has 0 radical (unpaired) electrons. The van der Waals surface area contributed by atoms with Crippen LogP contribution in [-0.4, -0.2) is 27.0 Å². The molecule has 0 bridgehead atoms. The first kappa shape index (κ1) is 20.9. The summed E-state index contributed by atoms with van der Waals surface area (Å²) in [5, 5.41) is 10.6. The van der Waals surface area contributed by atoms with Crippen molar-refractivity contribution in [3.63, 3.8) is 0 Å². The van der Waals surface area contributed by atoms with Crippen LogP contribution in [0.1, 0.15) is 31.7 Å². The lowest BCUT2D eigenvalue weighted by Gasteiger charge is -2.12. The first-order valence-corrected chi connectivity index (χ1v) is 10.7. The molecule has 0 aliphatic carbocycles. The Labute approximate surface area is 182 Å². The predicted molar refractivity (Wildman–Crippen MR) is 125 cm³/mol. The molecule has 1 N–H and O–H groups in total.